The van der Waals surface area contributed by atoms with Gasteiger partial charge >= 0.3 is 0 Å². The summed E-state index contributed by atoms with van der Waals surface area (Å²) in [5.74, 6) is 0. The zero-order chi connectivity index (χ0) is 7.94. The lowest BCUT2D eigenvalue weighted by Gasteiger charge is -2.06. The minimum Gasteiger partial charge on any atom is -0.298 e. The van der Waals surface area contributed by atoms with Gasteiger partial charge in [0.2, 0.25) is 0 Å². The molecule has 0 aromatic carbocycles. The smallest absolute Gasteiger partial charge is 0.0803 e. The molecule has 1 N–H and O–H groups in total. The predicted molar refractivity (Wildman–Crippen MR) is 46.3 cm³/mol. The Morgan fingerprint density at radius 1 is 1.36 bits per heavy atom. The molecule has 1 fully saturated rings. The van der Waals surface area contributed by atoms with E-state index in [0.717, 1.165) is 6.54 Å². The first-order valence-corrected chi connectivity index (χ1v) is 4.82. The first-order chi connectivity index (χ1) is 5.43. The maximum absolute atomic E-state index is 5.28. The number of rotatable bonds is 5. The van der Waals surface area contributed by atoms with E-state index in [1.165, 1.54) is 38.5 Å². The molecule has 1 heterocycles. The van der Waals surface area contributed by atoms with Crippen molar-refractivity contribution in [2.45, 2.75) is 51.6 Å². The first-order valence-electron chi connectivity index (χ1n) is 4.82. The van der Waals surface area contributed by atoms with Gasteiger partial charge in [-0.15, -0.1) is 0 Å². The third-order valence-corrected chi connectivity index (χ3v) is 2.20. The molecule has 0 aromatic rings. The Bertz CT molecular complexity index is 89.6. The quantitative estimate of drug-likeness (QED) is 0.618. The van der Waals surface area contributed by atoms with Gasteiger partial charge < -0.3 is 0 Å². The summed E-state index contributed by atoms with van der Waals surface area (Å²) in [5, 5.41) is 0. The van der Waals surface area contributed by atoms with Crippen molar-refractivity contribution in [3.05, 3.63) is 0 Å². The molecule has 1 rings (SSSR count). The molecule has 0 spiro atoms. The summed E-state index contributed by atoms with van der Waals surface area (Å²) in [4.78, 5) is 5.28. The van der Waals surface area contributed by atoms with Gasteiger partial charge in [0, 0.05) is 6.54 Å². The Labute approximate surface area is 69.3 Å². The van der Waals surface area contributed by atoms with Gasteiger partial charge in [-0.25, -0.2) is 5.48 Å². The highest BCUT2D eigenvalue weighted by atomic mass is 16.7. The van der Waals surface area contributed by atoms with Crippen LogP contribution in [0.4, 0.5) is 0 Å². The van der Waals surface area contributed by atoms with Gasteiger partial charge in [-0.1, -0.05) is 32.6 Å². The van der Waals surface area contributed by atoms with Crippen LogP contribution in [0.25, 0.3) is 0 Å². The van der Waals surface area contributed by atoms with Crippen LogP contribution in [0.2, 0.25) is 0 Å². The topological polar surface area (TPSA) is 21.3 Å². The van der Waals surface area contributed by atoms with E-state index in [4.69, 9.17) is 4.84 Å². The molecule has 0 bridgehead atoms. The molecule has 1 unspecified atom stereocenters. The highest BCUT2D eigenvalue weighted by molar-refractivity contribution is 4.62. The van der Waals surface area contributed by atoms with Crippen molar-refractivity contribution in [2.24, 2.45) is 0 Å². The average molecular weight is 157 g/mol. The van der Waals surface area contributed by atoms with E-state index in [-0.39, 0.29) is 0 Å². The van der Waals surface area contributed by atoms with Crippen LogP contribution >= 0.6 is 0 Å². The fourth-order valence-electron chi connectivity index (χ4n) is 1.46. The Hall–Kier alpha value is -0.0800. The highest BCUT2D eigenvalue weighted by Gasteiger charge is 2.13. The van der Waals surface area contributed by atoms with Crippen LogP contribution in [-0.2, 0) is 4.84 Å². The van der Waals surface area contributed by atoms with Gasteiger partial charge in [-0.2, -0.15) is 0 Å². The monoisotopic (exact) mass is 157 g/mol. The van der Waals surface area contributed by atoms with E-state index in [9.17, 15) is 0 Å². The van der Waals surface area contributed by atoms with Crippen molar-refractivity contribution in [1.29, 1.82) is 0 Å². The maximum Gasteiger partial charge on any atom is 0.0803 e. The minimum absolute atomic E-state index is 0.506. The van der Waals surface area contributed by atoms with Crippen LogP contribution in [0, 0.1) is 0 Å². The zero-order valence-corrected chi connectivity index (χ0v) is 7.44. The lowest BCUT2D eigenvalue weighted by molar-refractivity contribution is 0.0284. The molecule has 11 heavy (non-hydrogen) atoms. The molecule has 0 aliphatic carbocycles. The lowest BCUT2D eigenvalue weighted by Crippen LogP contribution is -2.09. The van der Waals surface area contributed by atoms with Gasteiger partial charge in [0.25, 0.3) is 0 Å². The van der Waals surface area contributed by atoms with Crippen LogP contribution < -0.4 is 5.48 Å². The Morgan fingerprint density at radius 2 is 2.27 bits per heavy atom. The predicted octanol–water partition coefficient (Wildman–Crippen LogP) is 2.25. The molecule has 2 nitrogen and oxygen atoms in total. The van der Waals surface area contributed by atoms with Crippen LogP contribution in [0.1, 0.15) is 45.4 Å². The minimum atomic E-state index is 0.506. The number of unbranched alkanes of at least 4 members (excludes halogenated alkanes) is 3. The molecular formula is C9H19NO. The SMILES string of the molecule is CCCCCCC1CCNO1. The normalized spacial score (nSPS) is 24.3. The van der Waals surface area contributed by atoms with Gasteiger partial charge in [0.1, 0.15) is 0 Å². The molecule has 1 saturated heterocycles. The molecule has 2 heteroatoms. The van der Waals surface area contributed by atoms with Crippen molar-refractivity contribution < 1.29 is 4.84 Å². The van der Waals surface area contributed by atoms with Gasteiger partial charge in [0.15, 0.2) is 0 Å². The maximum atomic E-state index is 5.28. The number of hydroxylamine groups is 1. The zero-order valence-electron chi connectivity index (χ0n) is 7.44. The number of nitrogens with one attached hydrogen (secondary N) is 1. The van der Waals surface area contributed by atoms with Crippen LogP contribution in [0.3, 0.4) is 0 Å². The van der Waals surface area contributed by atoms with Crippen molar-refractivity contribution in [3.63, 3.8) is 0 Å². The summed E-state index contributed by atoms with van der Waals surface area (Å²) in [5.41, 5.74) is 2.91. The molecule has 0 radical (unpaired) electrons. The first kappa shape index (κ1) is 9.01. The Balaban J connectivity index is 1.86. The van der Waals surface area contributed by atoms with Crippen LogP contribution in [-0.4, -0.2) is 12.6 Å². The van der Waals surface area contributed by atoms with E-state index in [1.807, 2.05) is 0 Å². The third kappa shape index (κ3) is 3.73. The molecule has 0 saturated carbocycles. The second-order valence-corrected chi connectivity index (χ2v) is 3.27. The van der Waals surface area contributed by atoms with Crippen LogP contribution in [0.5, 0.6) is 0 Å². The van der Waals surface area contributed by atoms with E-state index >= 15 is 0 Å². The lowest BCUT2D eigenvalue weighted by atomic mass is 10.1. The van der Waals surface area contributed by atoms with Crippen molar-refractivity contribution in [1.82, 2.24) is 5.48 Å². The summed E-state index contributed by atoms with van der Waals surface area (Å²) in [7, 11) is 0. The number of hydrogen-bond donors (Lipinski definition) is 1. The summed E-state index contributed by atoms with van der Waals surface area (Å²) in [6.45, 7) is 3.28. The molecule has 0 amide bonds. The van der Waals surface area contributed by atoms with Crippen molar-refractivity contribution >= 4 is 0 Å². The van der Waals surface area contributed by atoms with Crippen molar-refractivity contribution in [3.8, 4) is 0 Å². The van der Waals surface area contributed by atoms with Crippen LogP contribution in [0.15, 0.2) is 0 Å². The number of hydrogen-bond acceptors (Lipinski definition) is 2. The molecule has 1 atom stereocenters. The second kappa shape index (κ2) is 5.56. The Kier molecular flexibility index (Phi) is 4.55. The molecule has 0 aromatic heterocycles. The van der Waals surface area contributed by atoms with Gasteiger partial charge in [-0.05, 0) is 12.8 Å². The fraction of sp³-hybridized carbons (Fsp3) is 1.00. The standard InChI is InChI=1S/C9H19NO/c1-2-3-4-5-6-9-7-8-10-11-9/h9-10H,2-8H2,1H3. The fourth-order valence-corrected chi connectivity index (χ4v) is 1.46. The van der Waals surface area contributed by atoms with E-state index in [0.29, 0.717) is 6.10 Å². The Morgan fingerprint density at radius 3 is 2.91 bits per heavy atom. The highest BCUT2D eigenvalue weighted by Crippen LogP contribution is 2.12. The largest absolute Gasteiger partial charge is 0.298 e. The summed E-state index contributed by atoms with van der Waals surface area (Å²) in [6.07, 6.45) is 8.35. The van der Waals surface area contributed by atoms with E-state index in [1.54, 1.807) is 0 Å². The molecule has 1 aliphatic rings. The third-order valence-electron chi connectivity index (χ3n) is 2.20. The molecular weight excluding hydrogens is 138 g/mol. The van der Waals surface area contributed by atoms with E-state index in [2.05, 4.69) is 12.4 Å². The summed E-state index contributed by atoms with van der Waals surface area (Å²) < 4.78 is 0. The van der Waals surface area contributed by atoms with Gasteiger partial charge in [0.05, 0.1) is 6.10 Å². The van der Waals surface area contributed by atoms with Gasteiger partial charge in [-0.3, -0.25) is 4.84 Å². The van der Waals surface area contributed by atoms with E-state index < -0.39 is 0 Å². The summed E-state index contributed by atoms with van der Waals surface area (Å²) in [6, 6.07) is 0. The summed E-state index contributed by atoms with van der Waals surface area (Å²) >= 11 is 0. The molecule has 1 aliphatic heterocycles. The van der Waals surface area contributed by atoms with Crippen molar-refractivity contribution in [2.75, 3.05) is 6.54 Å². The second-order valence-electron chi connectivity index (χ2n) is 3.27. The molecule has 66 valence electrons. The average Bonchev–Trinajstić information content (AvgIpc) is 2.50.